The van der Waals surface area contributed by atoms with Crippen molar-refractivity contribution >= 4 is 17.5 Å². The molecule has 2 heterocycles. The smallest absolute Gasteiger partial charge is 0.227 e. The van der Waals surface area contributed by atoms with Crippen LogP contribution in [0.5, 0.6) is 0 Å². The number of hydrogen-bond acceptors (Lipinski definition) is 5. The largest absolute Gasteiger partial charge is 0.383 e. The minimum atomic E-state index is -0.366. The summed E-state index contributed by atoms with van der Waals surface area (Å²) in [6.07, 6.45) is 0.815. The van der Waals surface area contributed by atoms with E-state index in [9.17, 15) is 4.79 Å². The van der Waals surface area contributed by atoms with E-state index in [2.05, 4.69) is 20.2 Å². The van der Waals surface area contributed by atoms with Gasteiger partial charge >= 0.3 is 0 Å². The quantitative estimate of drug-likeness (QED) is 0.818. The van der Waals surface area contributed by atoms with Gasteiger partial charge in [0.15, 0.2) is 0 Å². The highest BCUT2D eigenvalue weighted by Gasteiger charge is 2.40. The summed E-state index contributed by atoms with van der Waals surface area (Å²) < 4.78 is 0. The Bertz CT molecular complexity index is 516. The second kappa shape index (κ2) is 4.68. The van der Waals surface area contributed by atoms with Gasteiger partial charge in [-0.3, -0.25) is 4.79 Å². The fourth-order valence-corrected chi connectivity index (χ4v) is 2.57. The van der Waals surface area contributed by atoms with E-state index in [1.807, 2.05) is 20.8 Å². The molecule has 1 aliphatic heterocycles. The second-order valence-corrected chi connectivity index (χ2v) is 5.42. The molecule has 1 aromatic rings. The lowest BCUT2D eigenvalue weighted by Crippen LogP contribution is -2.39. The second-order valence-electron chi connectivity index (χ2n) is 5.42. The van der Waals surface area contributed by atoms with Crippen molar-refractivity contribution < 1.29 is 4.79 Å². The third-order valence-corrected chi connectivity index (χ3v) is 3.82. The fourth-order valence-electron chi connectivity index (χ4n) is 2.57. The number of nitrogen functional groups attached to an aromatic ring is 1. The molecule has 3 N–H and O–H groups in total. The average molecular weight is 263 g/mol. The number of rotatable bonds is 2. The van der Waals surface area contributed by atoms with Crippen LogP contribution in [-0.4, -0.2) is 36.0 Å². The molecule has 6 nitrogen and oxygen atoms in total. The summed E-state index contributed by atoms with van der Waals surface area (Å²) in [7, 11) is 1.67. The zero-order valence-electron chi connectivity index (χ0n) is 11.9. The van der Waals surface area contributed by atoms with E-state index < -0.39 is 0 Å². The van der Waals surface area contributed by atoms with E-state index in [0.29, 0.717) is 18.2 Å². The molecule has 6 heteroatoms. The van der Waals surface area contributed by atoms with Crippen molar-refractivity contribution in [3.8, 4) is 0 Å². The average Bonchev–Trinajstić information content (AvgIpc) is 2.76. The van der Waals surface area contributed by atoms with Gasteiger partial charge in [0.1, 0.15) is 17.5 Å². The molecule has 1 saturated heterocycles. The molecular weight excluding hydrogens is 242 g/mol. The van der Waals surface area contributed by atoms with E-state index in [1.165, 1.54) is 0 Å². The van der Waals surface area contributed by atoms with Crippen LogP contribution < -0.4 is 16.0 Å². The Labute approximate surface area is 113 Å². The Kier molecular flexibility index (Phi) is 3.34. The zero-order valence-corrected chi connectivity index (χ0v) is 11.9. The summed E-state index contributed by atoms with van der Waals surface area (Å²) in [4.78, 5) is 22.7. The van der Waals surface area contributed by atoms with Gasteiger partial charge in [0.05, 0.1) is 5.41 Å². The predicted molar refractivity (Wildman–Crippen MR) is 74.9 cm³/mol. The van der Waals surface area contributed by atoms with Crippen molar-refractivity contribution in [2.24, 2.45) is 5.41 Å². The van der Waals surface area contributed by atoms with Gasteiger partial charge in [-0.1, -0.05) is 0 Å². The van der Waals surface area contributed by atoms with Crippen LogP contribution in [0.1, 0.15) is 24.7 Å². The third kappa shape index (κ3) is 2.34. The van der Waals surface area contributed by atoms with Crippen LogP contribution in [0.4, 0.5) is 11.6 Å². The molecule has 0 saturated carbocycles. The topological polar surface area (TPSA) is 84.1 Å². The standard InChI is InChI=1S/C13H21N5O/c1-8-10(14)16-9(2)17-11(8)18-6-5-13(3,7-18)12(19)15-4/h5-7H2,1-4H3,(H,15,19)(H2,14,16,17). The maximum Gasteiger partial charge on any atom is 0.227 e. The van der Waals surface area contributed by atoms with Crippen molar-refractivity contribution in [1.29, 1.82) is 0 Å². The molecule has 2 rings (SSSR count). The SMILES string of the molecule is CNC(=O)C1(C)CCN(c2nc(C)nc(N)c2C)C1. The number of aryl methyl sites for hydroxylation is 1. The van der Waals surface area contributed by atoms with E-state index in [4.69, 9.17) is 5.73 Å². The highest BCUT2D eigenvalue weighted by Crippen LogP contribution is 2.34. The van der Waals surface area contributed by atoms with E-state index >= 15 is 0 Å². The molecule has 0 aromatic carbocycles. The maximum absolute atomic E-state index is 11.9. The van der Waals surface area contributed by atoms with Gasteiger partial charge in [0.25, 0.3) is 0 Å². The highest BCUT2D eigenvalue weighted by molar-refractivity contribution is 5.83. The Balaban J connectivity index is 2.29. The first-order chi connectivity index (χ1) is 8.87. The van der Waals surface area contributed by atoms with Gasteiger partial charge < -0.3 is 16.0 Å². The number of nitrogens with one attached hydrogen (secondary N) is 1. The van der Waals surface area contributed by atoms with Crippen LogP contribution in [0.15, 0.2) is 0 Å². The zero-order chi connectivity index (χ0) is 14.2. The Morgan fingerprint density at radius 1 is 1.42 bits per heavy atom. The first kappa shape index (κ1) is 13.6. The number of carbonyl (C=O) groups is 1. The van der Waals surface area contributed by atoms with Crippen LogP contribution in [0.2, 0.25) is 0 Å². The van der Waals surface area contributed by atoms with Crippen LogP contribution in [-0.2, 0) is 4.79 Å². The third-order valence-electron chi connectivity index (χ3n) is 3.82. The molecule has 1 unspecified atom stereocenters. The lowest BCUT2D eigenvalue weighted by molar-refractivity contribution is -0.128. The molecule has 0 radical (unpaired) electrons. The Morgan fingerprint density at radius 2 is 2.11 bits per heavy atom. The highest BCUT2D eigenvalue weighted by atomic mass is 16.2. The minimum absolute atomic E-state index is 0.0754. The van der Waals surface area contributed by atoms with Gasteiger partial charge in [-0.2, -0.15) is 0 Å². The Hall–Kier alpha value is -1.85. The number of hydrogen-bond donors (Lipinski definition) is 2. The molecule has 104 valence electrons. The van der Waals surface area contributed by atoms with Crippen molar-refractivity contribution in [1.82, 2.24) is 15.3 Å². The molecule has 1 amide bonds. The van der Waals surface area contributed by atoms with Crippen LogP contribution in [0.3, 0.4) is 0 Å². The van der Waals surface area contributed by atoms with Crippen LogP contribution >= 0.6 is 0 Å². The van der Waals surface area contributed by atoms with Crippen molar-refractivity contribution in [3.05, 3.63) is 11.4 Å². The van der Waals surface area contributed by atoms with Gasteiger partial charge in [-0.15, -0.1) is 0 Å². The van der Waals surface area contributed by atoms with Gasteiger partial charge in [-0.25, -0.2) is 9.97 Å². The monoisotopic (exact) mass is 263 g/mol. The number of amides is 1. The molecule has 0 aliphatic carbocycles. The number of nitrogens with two attached hydrogens (primary N) is 1. The summed E-state index contributed by atoms with van der Waals surface area (Å²) in [6.45, 7) is 7.19. The number of aromatic nitrogens is 2. The molecule has 1 fully saturated rings. The minimum Gasteiger partial charge on any atom is -0.383 e. The number of anilines is 2. The number of carbonyl (C=O) groups excluding carboxylic acids is 1. The van der Waals surface area contributed by atoms with E-state index in [-0.39, 0.29) is 11.3 Å². The van der Waals surface area contributed by atoms with Gasteiger partial charge in [0, 0.05) is 25.7 Å². The van der Waals surface area contributed by atoms with Crippen LogP contribution in [0, 0.1) is 19.3 Å². The summed E-state index contributed by atoms with van der Waals surface area (Å²) in [5.41, 5.74) is 6.40. The summed E-state index contributed by atoms with van der Waals surface area (Å²) in [5, 5.41) is 2.73. The van der Waals surface area contributed by atoms with E-state index in [0.717, 1.165) is 24.3 Å². The fraction of sp³-hybridized carbons (Fsp3) is 0.615. The predicted octanol–water partition coefficient (Wildman–Crippen LogP) is 0.638. The Morgan fingerprint density at radius 3 is 2.74 bits per heavy atom. The molecular formula is C13H21N5O. The van der Waals surface area contributed by atoms with E-state index in [1.54, 1.807) is 7.05 Å². The van der Waals surface area contributed by atoms with Gasteiger partial charge in [0.2, 0.25) is 5.91 Å². The van der Waals surface area contributed by atoms with Crippen LogP contribution in [0.25, 0.3) is 0 Å². The van der Waals surface area contributed by atoms with Crippen molar-refractivity contribution in [2.75, 3.05) is 30.8 Å². The first-order valence-corrected chi connectivity index (χ1v) is 6.45. The summed E-state index contributed by atoms with van der Waals surface area (Å²) >= 11 is 0. The number of nitrogens with zero attached hydrogens (tertiary/aromatic N) is 3. The molecule has 0 spiro atoms. The molecule has 1 atom stereocenters. The van der Waals surface area contributed by atoms with Gasteiger partial charge in [-0.05, 0) is 27.2 Å². The molecule has 1 aliphatic rings. The summed E-state index contributed by atoms with van der Waals surface area (Å²) in [6, 6.07) is 0. The molecule has 0 bridgehead atoms. The lowest BCUT2D eigenvalue weighted by atomic mass is 9.89. The normalized spacial score (nSPS) is 22.6. The lowest BCUT2D eigenvalue weighted by Gasteiger charge is -2.24. The van der Waals surface area contributed by atoms with Crippen molar-refractivity contribution in [2.45, 2.75) is 27.2 Å². The van der Waals surface area contributed by atoms with Crippen molar-refractivity contribution in [3.63, 3.8) is 0 Å². The first-order valence-electron chi connectivity index (χ1n) is 6.45. The summed E-state index contributed by atoms with van der Waals surface area (Å²) in [5.74, 6) is 2.09. The maximum atomic E-state index is 11.9. The molecule has 1 aromatic heterocycles. The molecule has 19 heavy (non-hydrogen) atoms.